The molecule has 6 nitrogen and oxygen atoms in total. The molecule has 0 saturated carbocycles. The summed E-state index contributed by atoms with van der Waals surface area (Å²) in [7, 11) is 1.77. The second-order valence-corrected chi connectivity index (χ2v) is 7.54. The third kappa shape index (κ3) is 5.46. The number of aromatic nitrogens is 1. The van der Waals surface area contributed by atoms with Crippen LogP contribution in [-0.2, 0) is 19.4 Å². The number of ether oxygens (including phenoxy) is 2. The van der Waals surface area contributed by atoms with Crippen LogP contribution in [0.25, 0.3) is 0 Å². The highest BCUT2D eigenvalue weighted by Gasteiger charge is 2.17. The lowest BCUT2D eigenvalue weighted by atomic mass is 10.2. The zero-order chi connectivity index (χ0) is 17.6. The van der Waals surface area contributed by atoms with Gasteiger partial charge in [0.15, 0.2) is 17.5 Å². The zero-order valence-electron chi connectivity index (χ0n) is 14.7. The highest BCUT2D eigenvalue weighted by Crippen LogP contribution is 2.39. The van der Waals surface area contributed by atoms with E-state index in [-0.39, 0.29) is 30.8 Å². The molecule has 0 saturated heterocycles. The van der Waals surface area contributed by atoms with Crippen LogP contribution in [0.5, 0.6) is 11.5 Å². The van der Waals surface area contributed by atoms with Crippen LogP contribution in [0.2, 0.25) is 0 Å². The molecule has 1 aromatic heterocycles. The minimum absolute atomic E-state index is 0. The van der Waals surface area contributed by atoms with Crippen molar-refractivity contribution in [1.82, 2.24) is 15.6 Å². The molecule has 0 spiro atoms. The Kier molecular flexibility index (Phi) is 8.42. The van der Waals surface area contributed by atoms with Crippen molar-refractivity contribution < 1.29 is 9.47 Å². The molecule has 0 aliphatic carbocycles. The molecule has 1 aliphatic rings. The molecule has 1 aliphatic heterocycles. The minimum Gasteiger partial charge on any atom is -0.454 e. The quantitative estimate of drug-likeness (QED) is 0.325. The van der Waals surface area contributed by atoms with Crippen molar-refractivity contribution in [2.24, 2.45) is 4.99 Å². The maximum Gasteiger partial charge on any atom is 0.231 e. The number of hydrogen-bond donors (Lipinski definition) is 2. The van der Waals surface area contributed by atoms with Crippen LogP contribution >= 0.6 is 51.2 Å². The van der Waals surface area contributed by atoms with Gasteiger partial charge in [-0.25, -0.2) is 4.98 Å². The van der Waals surface area contributed by atoms with E-state index in [1.165, 1.54) is 4.88 Å². The first-order valence-corrected chi connectivity index (χ1v) is 9.76. The van der Waals surface area contributed by atoms with E-state index in [4.69, 9.17) is 9.47 Å². The molecule has 2 N–H and O–H groups in total. The molecule has 1 aromatic carbocycles. The predicted octanol–water partition coefficient (Wildman–Crippen LogP) is 3.72. The van der Waals surface area contributed by atoms with E-state index in [1.54, 1.807) is 18.4 Å². The van der Waals surface area contributed by atoms with Crippen molar-refractivity contribution in [3.05, 3.63) is 38.3 Å². The second kappa shape index (κ2) is 10.3. The topological polar surface area (TPSA) is 67.8 Å². The number of guanidine groups is 1. The number of aliphatic imine (C=N–C) groups is 1. The lowest BCUT2D eigenvalue weighted by Gasteiger charge is -2.12. The fourth-order valence-electron chi connectivity index (χ4n) is 2.44. The van der Waals surface area contributed by atoms with Gasteiger partial charge >= 0.3 is 0 Å². The van der Waals surface area contributed by atoms with Crippen LogP contribution in [0.15, 0.2) is 27.8 Å². The highest BCUT2D eigenvalue weighted by molar-refractivity contribution is 14.0. The third-order valence-electron chi connectivity index (χ3n) is 3.75. The molecule has 0 fully saturated rings. The number of rotatable bonds is 6. The Balaban J connectivity index is 0.00000243. The van der Waals surface area contributed by atoms with Gasteiger partial charge in [-0.3, -0.25) is 4.99 Å². The van der Waals surface area contributed by atoms with Crippen LogP contribution < -0.4 is 20.1 Å². The number of halogens is 2. The van der Waals surface area contributed by atoms with Gasteiger partial charge in [-0.05, 0) is 40.0 Å². The summed E-state index contributed by atoms with van der Waals surface area (Å²) in [6.07, 6.45) is 3.89. The summed E-state index contributed by atoms with van der Waals surface area (Å²) in [6.45, 7) is 3.85. The van der Waals surface area contributed by atoms with Gasteiger partial charge < -0.3 is 20.1 Å². The molecule has 0 atom stereocenters. The average molecular weight is 553 g/mol. The summed E-state index contributed by atoms with van der Waals surface area (Å²) in [4.78, 5) is 10.0. The van der Waals surface area contributed by atoms with Gasteiger partial charge in [0.05, 0.1) is 9.48 Å². The van der Waals surface area contributed by atoms with E-state index >= 15 is 0 Å². The molecule has 0 amide bonds. The van der Waals surface area contributed by atoms with Crippen LogP contribution in [-0.4, -0.2) is 31.3 Å². The monoisotopic (exact) mass is 552 g/mol. The fraction of sp³-hybridized carbons (Fsp3) is 0.412. The van der Waals surface area contributed by atoms with Gasteiger partial charge in [-0.2, -0.15) is 0 Å². The standard InChI is InChI=1S/C17H21BrN4O2S.HI/c1-3-12-9-21-15(25-12)4-5-20-17(19-2)22-8-11-6-13(18)16-14(7-11)23-10-24-16;/h6-7,9H,3-5,8,10H2,1-2H3,(H2,19,20,22);1H. The van der Waals surface area contributed by atoms with Crippen LogP contribution in [0.1, 0.15) is 22.4 Å². The average Bonchev–Trinajstić information content (AvgIpc) is 3.27. The number of fused-ring (bicyclic) bond motifs is 1. The molecule has 0 bridgehead atoms. The number of nitrogens with zero attached hydrogens (tertiary/aromatic N) is 2. The van der Waals surface area contributed by atoms with Gasteiger partial charge in [-0.1, -0.05) is 6.92 Å². The first-order valence-electron chi connectivity index (χ1n) is 8.15. The van der Waals surface area contributed by atoms with E-state index in [2.05, 4.69) is 43.5 Å². The molecular weight excluding hydrogens is 531 g/mol. The van der Waals surface area contributed by atoms with E-state index in [1.807, 2.05) is 18.3 Å². The van der Waals surface area contributed by atoms with E-state index < -0.39 is 0 Å². The highest BCUT2D eigenvalue weighted by atomic mass is 127. The SMILES string of the molecule is CCc1cnc(CCNC(=NC)NCc2cc(Br)c3c(c2)OCO3)s1.I. The van der Waals surface area contributed by atoms with Crippen molar-refractivity contribution in [1.29, 1.82) is 0 Å². The van der Waals surface area contributed by atoms with E-state index in [0.29, 0.717) is 6.54 Å². The Hall–Kier alpha value is -1.07. The van der Waals surface area contributed by atoms with E-state index in [0.717, 1.165) is 51.9 Å². The van der Waals surface area contributed by atoms with Gasteiger partial charge in [0.25, 0.3) is 0 Å². The van der Waals surface area contributed by atoms with Gasteiger partial charge in [0.1, 0.15) is 0 Å². The van der Waals surface area contributed by atoms with Crippen LogP contribution in [0.3, 0.4) is 0 Å². The van der Waals surface area contributed by atoms with Crippen LogP contribution in [0, 0.1) is 0 Å². The summed E-state index contributed by atoms with van der Waals surface area (Å²) < 4.78 is 11.8. The smallest absolute Gasteiger partial charge is 0.231 e. The van der Waals surface area contributed by atoms with Crippen molar-refractivity contribution in [3.8, 4) is 11.5 Å². The first-order chi connectivity index (χ1) is 12.2. The Labute approximate surface area is 182 Å². The first kappa shape index (κ1) is 21.2. The van der Waals surface area contributed by atoms with Crippen molar-refractivity contribution in [3.63, 3.8) is 0 Å². The number of thiazole rings is 1. The number of aryl methyl sites for hydroxylation is 1. The van der Waals surface area contributed by atoms with Crippen molar-refractivity contribution in [2.45, 2.75) is 26.3 Å². The number of benzene rings is 1. The molecular formula is C17H22BrIN4O2S. The normalized spacial score (nSPS) is 12.7. The molecule has 2 heterocycles. The van der Waals surface area contributed by atoms with Gasteiger partial charge in [0.2, 0.25) is 6.79 Å². The molecule has 2 aromatic rings. The minimum atomic E-state index is 0. The second-order valence-electron chi connectivity index (χ2n) is 5.49. The predicted molar refractivity (Wildman–Crippen MR) is 119 cm³/mol. The molecule has 0 unspecified atom stereocenters. The fourth-order valence-corrected chi connectivity index (χ4v) is 3.91. The van der Waals surface area contributed by atoms with Gasteiger partial charge in [-0.15, -0.1) is 35.3 Å². The molecule has 0 radical (unpaired) electrons. The summed E-state index contributed by atoms with van der Waals surface area (Å²) >= 11 is 5.29. The number of nitrogens with one attached hydrogen (secondary N) is 2. The lowest BCUT2D eigenvalue weighted by molar-refractivity contribution is 0.173. The Morgan fingerprint density at radius 3 is 2.92 bits per heavy atom. The molecule has 26 heavy (non-hydrogen) atoms. The maximum atomic E-state index is 5.45. The van der Waals surface area contributed by atoms with Gasteiger partial charge in [0, 0.05) is 37.6 Å². The maximum absolute atomic E-state index is 5.45. The molecule has 142 valence electrons. The third-order valence-corrected chi connectivity index (χ3v) is 5.54. The number of hydrogen-bond acceptors (Lipinski definition) is 5. The largest absolute Gasteiger partial charge is 0.454 e. The lowest BCUT2D eigenvalue weighted by Crippen LogP contribution is -2.37. The molecule has 3 rings (SSSR count). The Bertz CT molecular complexity index is 769. The van der Waals surface area contributed by atoms with Crippen molar-refractivity contribution in [2.75, 3.05) is 20.4 Å². The summed E-state index contributed by atoms with van der Waals surface area (Å²) in [5.74, 6) is 2.30. The van der Waals surface area contributed by atoms with Crippen LogP contribution in [0.4, 0.5) is 0 Å². The summed E-state index contributed by atoms with van der Waals surface area (Å²) in [5, 5.41) is 7.78. The zero-order valence-corrected chi connectivity index (χ0v) is 19.4. The summed E-state index contributed by atoms with van der Waals surface area (Å²) in [5.41, 5.74) is 1.09. The summed E-state index contributed by atoms with van der Waals surface area (Å²) in [6, 6.07) is 4.00. The van der Waals surface area contributed by atoms with Crippen molar-refractivity contribution >= 4 is 57.2 Å². The van der Waals surface area contributed by atoms with E-state index in [9.17, 15) is 0 Å². The molecule has 9 heteroatoms. The Morgan fingerprint density at radius 1 is 1.35 bits per heavy atom. The Morgan fingerprint density at radius 2 is 2.19 bits per heavy atom.